The number of carbonyl (C=O) groups is 1. The van der Waals surface area contributed by atoms with Crippen LogP contribution in [0, 0.1) is 5.82 Å². The van der Waals surface area contributed by atoms with Crippen LogP contribution in [0.3, 0.4) is 0 Å². The molecule has 28 heavy (non-hydrogen) atoms. The number of benzene rings is 2. The molecule has 2 aromatic rings. The number of amides is 1. The van der Waals surface area contributed by atoms with Gasteiger partial charge in [0.1, 0.15) is 16.5 Å². The number of nitrogens with zero attached hydrogens (tertiary/aromatic N) is 1. The summed E-state index contributed by atoms with van der Waals surface area (Å²) in [5.74, 6) is -0.909. The minimum atomic E-state index is -3.80. The monoisotopic (exact) mass is 472 g/mol. The fourth-order valence-corrected chi connectivity index (χ4v) is 4.47. The van der Waals surface area contributed by atoms with E-state index >= 15 is 0 Å². The van der Waals surface area contributed by atoms with E-state index < -0.39 is 21.7 Å². The molecule has 0 aliphatic carbocycles. The van der Waals surface area contributed by atoms with E-state index in [9.17, 15) is 17.6 Å². The van der Waals surface area contributed by atoms with Crippen LogP contribution in [0.25, 0.3) is 0 Å². The molecular formula is C19H22BrFN2O4S. The zero-order valence-electron chi connectivity index (χ0n) is 15.8. The van der Waals surface area contributed by atoms with Gasteiger partial charge in [-0.2, -0.15) is 4.31 Å². The van der Waals surface area contributed by atoms with Crippen LogP contribution < -0.4 is 10.1 Å². The predicted octanol–water partition coefficient (Wildman–Crippen LogP) is 4.27. The summed E-state index contributed by atoms with van der Waals surface area (Å²) < 4.78 is 46.6. The van der Waals surface area contributed by atoms with Crippen LogP contribution in [-0.2, 0) is 10.0 Å². The van der Waals surface area contributed by atoms with Gasteiger partial charge in [-0.05, 0) is 59.3 Å². The van der Waals surface area contributed by atoms with E-state index in [-0.39, 0.29) is 26.4 Å². The first kappa shape index (κ1) is 22.3. The van der Waals surface area contributed by atoms with E-state index in [0.717, 1.165) is 6.07 Å². The minimum Gasteiger partial charge on any atom is -0.492 e. The Labute approximate surface area is 172 Å². The maximum atomic E-state index is 13.7. The van der Waals surface area contributed by atoms with E-state index in [1.54, 1.807) is 26.8 Å². The standard InChI is InChI=1S/C19H22BrFN2O4S/c1-4-23(5-2)28(25,26)18-12-14(8-10-17(18)27-6-3)22-19(24)13-7-9-15(20)16(21)11-13/h7-12H,4-6H2,1-3H3,(H,22,24). The molecule has 1 N–H and O–H groups in total. The first-order valence-corrected chi connectivity index (χ1v) is 11.0. The normalized spacial score (nSPS) is 11.5. The van der Waals surface area contributed by atoms with Gasteiger partial charge in [-0.25, -0.2) is 12.8 Å². The fraction of sp³-hybridized carbons (Fsp3) is 0.316. The second kappa shape index (κ2) is 9.49. The molecule has 1 amide bonds. The molecule has 0 aliphatic heterocycles. The number of rotatable bonds is 8. The van der Waals surface area contributed by atoms with Crippen molar-refractivity contribution in [3.8, 4) is 5.75 Å². The molecule has 0 bridgehead atoms. The third-order valence-corrected chi connectivity index (χ3v) is 6.72. The highest BCUT2D eigenvalue weighted by molar-refractivity contribution is 9.10. The molecule has 0 heterocycles. The Morgan fingerprint density at radius 2 is 1.82 bits per heavy atom. The van der Waals surface area contributed by atoms with Crippen LogP contribution in [0.4, 0.5) is 10.1 Å². The lowest BCUT2D eigenvalue weighted by Crippen LogP contribution is -2.31. The molecule has 152 valence electrons. The number of hydrogen-bond donors (Lipinski definition) is 1. The molecule has 2 aromatic carbocycles. The molecule has 6 nitrogen and oxygen atoms in total. The Kier molecular flexibility index (Phi) is 7.56. The Hall–Kier alpha value is -1.97. The van der Waals surface area contributed by atoms with E-state index in [1.165, 1.54) is 28.6 Å². The van der Waals surface area contributed by atoms with E-state index in [2.05, 4.69) is 21.2 Å². The second-order valence-electron chi connectivity index (χ2n) is 5.77. The van der Waals surface area contributed by atoms with Gasteiger partial charge in [0, 0.05) is 24.3 Å². The maximum absolute atomic E-state index is 13.7. The minimum absolute atomic E-state index is 0.0298. The summed E-state index contributed by atoms with van der Waals surface area (Å²) in [5.41, 5.74) is 0.380. The first-order valence-electron chi connectivity index (χ1n) is 8.77. The highest BCUT2D eigenvalue weighted by Gasteiger charge is 2.26. The topological polar surface area (TPSA) is 75.7 Å². The number of sulfonamides is 1. The first-order chi connectivity index (χ1) is 13.2. The Morgan fingerprint density at radius 3 is 2.39 bits per heavy atom. The quantitative estimate of drug-likeness (QED) is 0.622. The van der Waals surface area contributed by atoms with Gasteiger partial charge in [-0.3, -0.25) is 4.79 Å². The molecule has 0 fully saturated rings. The third-order valence-electron chi connectivity index (χ3n) is 4.01. The van der Waals surface area contributed by atoms with Crippen molar-refractivity contribution in [1.29, 1.82) is 0 Å². The molecule has 9 heteroatoms. The summed E-state index contributed by atoms with van der Waals surface area (Å²) in [4.78, 5) is 12.4. The van der Waals surface area contributed by atoms with E-state index in [4.69, 9.17) is 4.74 Å². The summed E-state index contributed by atoms with van der Waals surface area (Å²) in [6.07, 6.45) is 0. The summed E-state index contributed by atoms with van der Waals surface area (Å²) in [5, 5.41) is 2.60. The summed E-state index contributed by atoms with van der Waals surface area (Å²) in [6, 6.07) is 8.38. The van der Waals surface area contributed by atoms with Crippen molar-refractivity contribution in [3.63, 3.8) is 0 Å². The molecule has 0 saturated carbocycles. The molecule has 0 saturated heterocycles. The number of hydrogen-bond acceptors (Lipinski definition) is 4. The molecule has 0 radical (unpaired) electrons. The molecule has 0 unspecified atom stereocenters. The lowest BCUT2D eigenvalue weighted by molar-refractivity contribution is 0.102. The van der Waals surface area contributed by atoms with Crippen molar-refractivity contribution in [1.82, 2.24) is 4.31 Å². The van der Waals surface area contributed by atoms with Gasteiger partial charge in [0.05, 0.1) is 11.1 Å². The fourth-order valence-electron chi connectivity index (χ4n) is 2.61. The largest absolute Gasteiger partial charge is 0.492 e. The number of carbonyl (C=O) groups excluding carboxylic acids is 1. The van der Waals surface area contributed by atoms with Gasteiger partial charge < -0.3 is 10.1 Å². The second-order valence-corrected chi connectivity index (χ2v) is 8.53. The molecule has 0 atom stereocenters. The Bertz CT molecular complexity index is 962. The number of nitrogens with one attached hydrogen (secondary N) is 1. The smallest absolute Gasteiger partial charge is 0.255 e. The Morgan fingerprint density at radius 1 is 1.14 bits per heavy atom. The summed E-state index contributed by atoms with van der Waals surface area (Å²) in [7, 11) is -3.80. The van der Waals surface area contributed by atoms with Crippen molar-refractivity contribution in [2.24, 2.45) is 0 Å². The molecule has 2 rings (SSSR count). The SMILES string of the molecule is CCOc1ccc(NC(=O)c2ccc(Br)c(F)c2)cc1S(=O)(=O)N(CC)CC. The van der Waals surface area contributed by atoms with E-state index in [1.807, 2.05) is 0 Å². The van der Waals surface area contributed by atoms with Crippen LogP contribution in [0.5, 0.6) is 5.75 Å². The zero-order valence-corrected chi connectivity index (χ0v) is 18.2. The molecular weight excluding hydrogens is 451 g/mol. The van der Waals surface area contributed by atoms with Gasteiger partial charge in [0.25, 0.3) is 5.91 Å². The van der Waals surface area contributed by atoms with Gasteiger partial charge in [0.15, 0.2) is 0 Å². The van der Waals surface area contributed by atoms with Gasteiger partial charge in [0.2, 0.25) is 10.0 Å². The maximum Gasteiger partial charge on any atom is 0.255 e. The van der Waals surface area contributed by atoms with Crippen LogP contribution in [0.15, 0.2) is 45.8 Å². The summed E-state index contributed by atoms with van der Waals surface area (Å²) >= 11 is 3.03. The van der Waals surface area contributed by atoms with Gasteiger partial charge in [-0.15, -0.1) is 0 Å². The van der Waals surface area contributed by atoms with Crippen molar-refractivity contribution in [2.75, 3.05) is 25.0 Å². The lowest BCUT2D eigenvalue weighted by atomic mass is 10.2. The van der Waals surface area contributed by atoms with Crippen LogP contribution >= 0.6 is 15.9 Å². The zero-order chi connectivity index (χ0) is 20.9. The van der Waals surface area contributed by atoms with Crippen LogP contribution in [-0.4, -0.2) is 38.3 Å². The van der Waals surface area contributed by atoms with E-state index in [0.29, 0.717) is 19.7 Å². The molecule has 0 aromatic heterocycles. The number of ether oxygens (including phenoxy) is 1. The average molecular weight is 473 g/mol. The average Bonchev–Trinajstić information content (AvgIpc) is 2.66. The molecule has 0 spiro atoms. The van der Waals surface area contributed by atoms with Crippen LogP contribution in [0.1, 0.15) is 31.1 Å². The van der Waals surface area contributed by atoms with Crippen molar-refractivity contribution < 1.29 is 22.3 Å². The molecule has 0 aliphatic rings. The van der Waals surface area contributed by atoms with Crippen molar-refractivity contribution >= 4 is 37.5 Å². The van der Waals surface area contributed by atoms with Gasteiger partial charge >= 0.3 is 0 Å². The summed E-state index contributed by atoms with van der Waals surface area (Å²) in [6.45, 7) is 6.15. The highest BCUT2D eigenvalue weighted by Crippen LogP contribution is 2.30. The van der Waals surface area contributed by atoms with Crippen LogP contribution in [0.2, 0.25) is 0 Å². The number of anilines is 1. The van der Waals surface area contributed by atoms with Crippen molar-refractivity contribution in [2.45, 2.75) is 25.7 Å². The lowest BCUT2D eigenvalue weighted by Gasteiger charge is -2.21. The third kappa shape index (κ3) is 4.89. The Balaban J connectivity index is 2.41. The number of halogens is 2. The highest BCUT2D eigenvalue weighted by atomic mass is 79.9. The predicted molar refractivity (Wildman–Crippen MR) is 110 cm³/mol. The van der Waals surface area contributed by atoms with Gasteiger partial charge in [-0.1, -0.05) is 13.8 Å². The van der Waals surface area contributed by atoms with Crippen molar-refractivity contribution in [3.05, 3.63) is 52.3 Å².